The van der Waals surface area contributed by atoms with E-state index in [0.29, 0.717) is 0 Å². The smallest absolute Gasteiger partial charge is 0.408 e. The Morgan fingerprint density at radius 3 is 2.26 bits per heavy atom. The molecule has 0 fully saturated rings. The third-order valence-electron chi connectivity index (χ3n) is 3.98. The Hall–Kier alpha value is -3.08. The van der Waals surface area contributed by atoms with Gasteiger partial charge in [-0.05, 0) is 11.5 Å². The molecule has 0 saturated carbocycles. The molecule has 146 valence electrons. The Morgan fingerprint density at radius 2 is 1.74 bits per heavy atom. The van der Waals surface area contributed by atoms with Crippen LogP contribution in [0.15, 0.2) is 30.3 Å². The van der Waals surface area contributed by atoms with Crippen LogP contribution in [-0.2, 0) is 20.9 Å². The van der Waals surface area contributed by atoms with Crippen molar-refractivity contribution >= 4 is 18.0 Å². The van der Waals surface area contributed by atoms with Crippen molar-refractivity contribution in [2.45, 2.75) is 45.9 Å². The molecule has 0 spiro atoms. The quantitative estimate of drug-likeness (QED) is 0.606. The van der Waals surface area contributed by atoms with Gasteiger partial charge in [0.05, 0.1) is 6.07 Å². The Kier molecular flexibility index (Phi) is 8.79. The standard InChI is InChI=1S/C19H25N3O5/c1-12(2)15(17(23)21-16(18(24)25)13(3)9-10-20)22-19(26)27-11-14-7-5-4-6-8-14/h4-8,12-13,15-16H,9,11H2,1-3H3,(H,21,23)(H,22,26)(H,24,25)/t13-,15+,16-/m0/s1. The molecule has 0 saturated heterocycles. The zero-order valence-electron chi connectivity index (χ0n) is 15.6. The molecular weight excluding hydrogens is 350 g/mol. The maximum absolute atomic E-state index is 12.5. The van der Waals surface area contributed by atoms with Gasteiger partial charge in [0.2, 0.25) is 5.91 Å². The lowest BCUT2D eigenvalue weighted by Gasteiger charge is -2.25. The van der Waals surface area contributed by atoms with Gasteiger partial charge in [0.25, 0.3) is 0 Å². The normalized spacial score (nSPS) is 13.7. The van der Waals surface area contributed by atoms with E-state index in [2.05, 4.69) is 10.6 Å². The fourth-order valence-corrected chi connectivity index (χ4v) is 2.38. The summed E-state index contributed by atoms with van der Waals surface area (Å²) < 4.78 is 5.11. The van der Waals surface area contributed by atoms with Gasteiger partial charge in [-0.2, -0.15) is 5.26 Å². The number of amides is 2. The van der Waals surface area contributed by atoms with E-state index >= 15 is 0 Å². The average molecular weight is 375 g/mol. The molecule has 3 N–H and O–H groups in total. The molecule has 0 bridgehead atoms. The summed E-state index contributed by atoms with van der Waals surface area (Å²) in [4.78, 5) is 35.9. The lowest BCUT2D eigenvalue weighted by atomic mass is 9.97. The van der Waals surface area contributed by atoms with E-state index in [1.807, 2.05) is 24.3 Å². The minimum atomic E-state index is -1.24. The Balaban J connectivity index is 2.70. The van der Waals surface area contributed by atoms with Crippen LogP contribution in [0.2, 0.25) is 0 Å². The van der Waals surface area contributed by atoms with Crippen molar-refractivity contribution in [1.82, 2.24) is 10.6 Å². The lowest BCUT2D eigenvalue weighted by molar-refractivity contribution is -0.143. The molecule has 27 heavy (non-hydrogen) atoms. The van der Waals surface area contributed by atoms with E-state index in [0.717, 1.165) is 5.56 Å². The highest BCUT2D eigenvalue weighted by molar-refractivity contribution is 5.89. The van der Waals surface area contributed by atoms with Crippen molar-refractivity contribution in [1.29, 1.82) is 5.26 Å². The number of rotatable bonds is 9. The molecule has 0 aromatic heterocycles. The van der Waals surface area contributed by atoms with Crippen molar-refractivity contribution in [2.24, 2.45) is 11.8 Å². The summed E-state index contributed by atoms with van der Waals surface area (Å²) in [7, 11) is 0. The van der Waals surface area contributed by atoms with Crippen LogP contribution >= 0.6 is 0 Å². The van der Waals surface area contributed by atoms with Crippen molar-refractivity contribution in [2.75, 3.05) is 0 Å². The van der Waals surface area contributed by atoms with Gasteiger partial charge >= 0.3 is 12.1 Å². The maximum Gasteiger partial charge on any atom is 0.408 e. The highest BCUT2D eigenvalue weighted by Gasteiger charge is 2.31. The molecule has 1 rings (SSSR count). The summed E-state index contributed by atoms with van der Waals surface area (Å²) in [6.45, 7) is 5.05. The van der Waals surface area contributed by atoms with E-state index in [1.54, 1.807) is 32.9 Å². The predicted molar refractivity (Wildman–Crippen MR) is 97.3 cm³/mol. The van der Waals surface area contributed by atoms with Crippen molar-refractivity contribution < 1.29 is 24.2 Å². The van der Waals surface area contributed by atoms with Crippen LogP contribution in [0.25, 0.3) is 0 Å². The number of aliphatic carboxylic acids is 1. The fourth-order valence-electron chi connectivity index (χ4n) is 2.38. The molecule has 0 radical (unpaired) electrons. The second-order valence-corrected chi connectivity index (χ2v) is 6.59. The number of carbonyl (C=O) groups excluding carboxylic acids is 2. The summed E-state index contributed by atoms with van der Waals surface area (Å²) in [5.41, 5.74) is 0.800. The maximum atomic E-state index is 12.5. The second kappa shape index (κ2) is 10.8. The van der Waals surface area contributed by atoms with Crippen LogP contribution in [0.5, 0.6) is 0 Å². The molecule has 8 nitrogen and oxygen atoms in total. The molecule has 0 aliphatic carbocycles. The van der Waals surface area contributed by atoms with Gasteiger partial charge in [-0.15, -0.1) is 0 Å². The highest BCUT2D eigenvalue weighted by atomic mass is 16.5. The number of carbonyl (C=O) groups is 3. The molecule has 0 unspecified atom stereocenters. The number of nitrogens with one attached hydrogen (secondary N) is 2. The molecule has 0 aliphatic heterocycles. The molecule has 0 heterocycles. The van der Waals surface area contributed by atoms with Gasteiger partial charge in [0, 0.05) is 12.3 Å². The first-order valence-electron chi connectivity index (χ1n) is 8.63. The van der Waals surface area contributed by atoms with Crippen molar-refractivity contribution in [3.05, 3.63) is 35.9 Å². The number of ether oxygens (including phenoxy) is 1. The van der Waals surface area contributed by atoms with Crippen LogP contribution in [0, 0.1) is 23.2 Å². The van der Waals surface area contributed by atoms with Crippen LogP contribution < -0.4 is 10.6 Å². The van der Waals surface area contributed by atoms with Crippen molar-refractivity contribution in [3.63, 3.8) is 0 Å². The minimum absolute atomic E-state index is 0.0177. The van der Waals surface area contributed by atoms with Crippen LogP contribution in [-0.4, -0.2) is 35.2 Å². The van der Waals surface area contributed by atoms with E-state index < -0.39 is 36.0 Å². The third kappa shape index (κ3) is 7.36. The Labute approximate surface area is 158 Å². The molecule has 1 aromatic carbocycles. The van der Waals surface area contributed by atoms with Crippen LogP contribution in [0.3, 0.4) is 0 Å². The zero-order chi connectivity index (χ0) is 20.4. The van der Waals surface area contributed by atoms with Gasteiger partial charge in [-0.3, -0.25) is 4.79 Å². The largest absolute Gasteiger partial charge is 0.480 e. The van der Waals surface area contributed by atoms with E-state index in [4.69, 9.17) is 10.00 Å². The topological polar surface area (TPSA) is 129 Å². The number of carboxylic acid groups (broad SMARTS) is 1. The molecular formula is C19H25N3O5. The van der Waals surface area contributed by atoms with Gasteiger partial charge in [0.15, 0.2) is 0 Å². The number of hydrogen-bond acceptors (Lipinski definition) is 5. The number of alkyl carbamates (subject to hydrolysis) is 1. The Bertz CT molecular complexity index is 684. The molecule has 8 heteroatoms. The lowest BCUT2D eigenvalue weighted by Crippen LogP contribution is -2.55. The summed E-state index contributed by atoms with van der Waals surface area (Å²) in [6.07, 6.45) is -0.791. The first kappa shape index (κ1) is 22.0. The first-order valence-corrected chi connectivity index (χ1v) is 8.63. The number of nitrogens with zero attached hydrogens (tertiary/aromatic N) is 1. The SMILES string of the molecule is CC(C)[C@@H](NC(=O)OCc1ccccc1)C(=O)N[C@H](C(=O)O)[C@@H](C)CC#N. The molecule has 3 atom stereocenters. The van der Waals surface area contributed by atoms with Crippen LogP contribution in [0.1, 0.15) is 32.8 Å². The van der Waals surface area contributed by atoms with E-state index in [-0.39, 0.29) is 18.9 Å². The zero-order valence-corrected chi connectivity index (χ0v) is 15.6. The van der Waals surface area contributed by atoms with E-state index in [9.17, 15) is 19.5 Å². The van der Waals surface area contributed by atoms with Gasteiger partial charge in [0.1, 0.15) is 18.7 Å². The van der Waals surface area contributed by atoms with Crippen LogP contribution in [0.4, 0.5) is 4.79 Å². The third-order valence-corrected chi connectivity index (χ3v) is 3.98. The summed E-state index contributed by atoms with van der Waals surface area (Å²) in [5.74, 6) is -2.75. The number of nitriles is 1. The van der Waals surface area contributed by atoms with Gasteiger partial charge in [-0.1, -0.05) is 51.1 Å². The van der Waals surface area contributed by atoms with E-state index in [1.165, 1.54) is 0 Å². The first-order chi connectivity index (χ1) is 12.8. The number of benzene rings is 1. The number of carboxylic acids is 1. The molecule has 1 aromatic rings. The monoisotopic (exact) mass is 375 g/mol. The minimum Gasteiger partial charge on any atom is -0.480 e. The summed E-state index contributed by atoms with van der Waals surface area (Å²) in [6, 6.07) is 8.77. The Morgan fingerprint density at radius 1 is 1.11 bits per heavy atom. The second-order valence-electron chi connectivity index (χ2n) is 6.59. The average Bonchev–Trinajstić information content (AvgIpc) is 2.62. The fraction of sp³-hybridized carbons (Fsp3) is 0.474. The summed E-state index contributed by atoms with van der Waals surface area (Å²) in [5, 5.41) is 22.9. The number of hydrogen-bond donors (Lipinski definition) is 3. The molecule has 2 amide bonds. The van der Waals surface area contributed by atoms with Gasteiger partial charge in [-0.25, -0.2) is 9.59 Å². The van der Waals surface area contributed by atoms with Crippen molar-refractivity contribution in [3.8, 4) is 6.07 Å². The molecule has 0 aliphatic rings. The predicted octanol–water partition coefficient (Wildman–Crippen LogP) is 2.06. The van der Waals surface area contributed by atoms with Gasteiger partial charge < -0.3 is 20.5 Å². The highest BCUT2D eigenvalue weighted by Crippen LogP contribution is 2.10. The summed E-state index contributed by atoms with van der Waals surface area (Å²) >= 11 is 0.